The molecule has 182 valence electrons. The molecular weight excluding hydrogens is 433 g/mol. The Bertz CT molecular complexity index is 1020. The number of rotatable bonds is 14. The SMILES string of the molecule is C=CCOC[C@@H](O)CN(CCC)Cc1c(CC)nn(-c2ccccc2)c1Oc1ccc(F)cc1. The Morgan fingerprint density at radius 1 is 1.15 bits per heavy atom. The van der Waals surface area contributed by atoms with Crippen molar-refractivity contribution in [1.82, 2.24) is 14.7 Å². The Balaban J connectivity index is 1.95. The first-order valence-corrected chi connectivity index (χ1v) is 11.7. The van der Waals surface area contributed by atoms with Crippen molar-refractivity contribution in [2.45, 2.75) is 39.3 Å². The monoisotopic (exact) mass is 467 g/mol. The minimum atomic E-state index is -0.623. The molecule has 1 heterocycles. The first kappa shape index (κ1) is 25.6. The number of nitrogens with zero attached hydrogens (tertiary/aromatic N) is 3. The number of ether oxygens (including phenoxy) is 2. The first-order chi connectivity index (χ1) is 16.5. The molecule has 0 fully saturated rings. The molecule has 1 aromatic heterocycles. The number of aliphatic hydroxyl groups excluding tert-OH is 1. The number of halogens is 1. The van der Waals surface area contributed by atoms with Crippen LogP contribution in [0.25, 0.3) is 5.69 Å². The normalized spacial score (nSPS) is 12.1. The van der Waals surface area contributed by atoms with Crippen molar-refractivity contribution in [3.8, 4) is 17.3 Å². The lowest BCUT2D eigenvalue weighted by Crippen LogP contribution is -2.35. The Kier molecular flexibility index (Phi) is 9.82. The van der Waals surface area contributed by atoms with E-state index < -0.39 is 6.10 Å². The highest BCUT2D eigenvalue weighted by Crippen LogP contribution is 2.32. The largest absolute Gasteiger partial charge is 0.439 e. The molecule has 0 saturated carbocycles. The van der Waals surface area contributed by atoms with Gasteiger partial charge < -0.3 is 14.6 Å². The van der Waals surface area contributed by atoms with Gasteiger partial charge in [0.05, 0.1) is 36.3 Å². The number of benzene rings is 2. The van der Waals surface area contributed by atoms with Crippen molar-refractivity contribution >= 4 is 0 Å². The maximum absolute atomic E-state index is 13.5. The van der Waals surface area contributed by atoms with Gasteiger partial charge in [0, 0.05) is 13.1 Å². The number of hydrogen-bond donors (Lipinski definition) is 1. The summed E-state index contributed by atoms with van der Waals surface area (Å²) in [6.45, 7) is 10.3. The predicted octanol–water partition coefficient (Wildman–Crippen LogP) is 5.14. The second-order valence-corrected chi connectivity index (χ2v) is 8.10. The molecular formula is C27H34FN3O3. The Morgan fingerprint density at radius 2 is 1.88 bits per heavy atom. The zero-order valence-corrected chi connectivity index (χ0v) is 20.0. The van der Waals surface area contributed by atoms with E-state index in [9.17, 15) is 9.50 Å². The van der Waals surface area contributed by atoms with Gasteiger partial charge in [-0.15, -0.1) is 6.58 Å². The van der Waals surface area contributed by atoms with Gasteiger partial charge >= 0.3 is 0 Å². The molecule has 0 radical (unpaired) electrons. The minimum Gasteiger partial charge on any atom is -0.439 e. The summed E-state index contributed by atoms with van der Waals surface area (Å²) in [4.78, 5) is 2.19. The fourth-order valence-electron chi connectivity index (χ4n) is 3.80. The molecule has 1 atom stereocenters. The molecule has 6 nitrogen and oxygen atoms in total. The van der Waals surface area contributed by atoms with Crippen LogP contribution in [-0.2, 0) is 17.7 Å². The van der Waals surface area contributed by atoms with Crippen LogP contribution in [0, 0.1) is 5.82 Å². The van der Waals surface area contributed by atoms with Crippen LogP contribution in [-0.4, -0.2) is 52.2 Å². The second kappa shape index (κ2) is 13.0. The highest BCUT2D eigenvalue weighted by atomic mass is 19.1. The fraction of sp³-hybridized carbons (Fsp3) is 0.370. The Morgan fingerprint density at radius 3 is 2.53 bits per heavy atom. The lowest BCUT2D eigenvalue weighted by molar-refractivity contribution is 0.0244. The number of hydrogen-bond acceptors (Lipinski definition) is 5. The van der Waals surface area contributed by atoms with Gasteiger partial charge in [0.2, 0.25) is 5.88 Å². The number of aryl methyl sites for hydroxylation is 1. The van der Waals surface area contributed by atoms with Crippen molar-refractivity contribution in [2.24, 2.45) is 0 Å². The van der Waals surface area contributed by atoms with Crippen molar-refractivity contribution in [2.75, 3.05) is 26.3 Å². The van der Waals surface area contributed by atoms with Crippen molar-refractivity contribution in [3.63, 3.8) is 0 Å². The van der Waals surface area contributed by atoms with E-state index >= 15 is 0 Å². The van der Waals surface area contributed by atoms with E-state index in [1.165, 1.54) is 12.1 Å². The third-order valence-corrected chi connectivity index (χ3v) is 5.32. The van der Waals surface area contributed by atoms with Gasteiger partial charge in [-0.3, -0.25) is 4.90 Å². The number of aromatic nitrogens is 2. The lowest BCUT2D eigenvalue weighted by atomic mass is 10.1. The Labute approximate surface area is 201 Å². The molecule has 0 saturated heterocycles. The predicted molar refractivity (Wildman–Crippen MR) is 132 cm³/mol. The Hall–Kier alpha value is -3.00. The zero-order valence-electron chi connectivity index (χ0n) is 20.0. The molecule has 0 aliphatic heterocycles. The van der Waals surface area contributed by atoms with E-state index in [-0.39, 0.29) is 12.4 Å². The zero-order chi connectivity index (χ0) is 24.3. The molecule has 1 N–H and O–H groups in total. The highest BCUT2D eigenvalue weighted by molar-refractivity contribution is 5.43. The van der Waals surface area contributed by atoms with Crippen LogP contribution >= 0.6 is 0 Å². The van der Waals surface area contributed by atoms with E-state index in [0.717, 1.165) is 36.3 Å². The third-order valence-electron chi connectivity index (χ3n) is 5.32. The summed E-state index contributed by atoms with van der Waals surface area (Å²) < 4.78 is 27.0. The molecule has 34 heavy (non-hydrogen) atoms. The third kappa shape index (κ3) is 7.00. The van der Waals surface area contributed by atoms with Crippen molar-refractivity contribution < 1.29 is 19.0 Å². The van der Waals surface area contributed by atoms with Crippen LogP contribution in [0.5, 0.6) is 11.6 Å². The van der Waals surface area contributed by atoms with Gasteiger partial charge in [-0.25, -0.2) is 9.07 Å². The summed E-state index contributed by atoms with van der Waals surface area (Å²) in [5, 5.41) is 15.4. The van der Waals surface area contributed by atoms with Gasteiger partial charge in [0.15, 0.2) is 0 Å². The molecule has 2 aromatic carbocycles. The fourth-order valence-corrected chi connectivity index (χ4v) is 3.80. The smallest absolute Gasteiger partial charge is 0.227 e. The van der Waals surface area contributed by atoms with E-state index in [1.54, 1.807) is 22.9 Å². The van der Waals surface area contributed by atoms with Gasteiger partial charge in [-0.05, 0) is 55.8 Å². The second-order valence-electron chi connectivity index (χ2n) is 8.10. The average molecular weight is 468 g/mol. The summed E-state index contributed by atoms with van der Waals surface area (Å²) >= 11 is 0. The van der Waals surface area contributed by atoms with Crippen LogP contribution < -0.4 is 4.74 Å². The average Bonchev–Trinajstić information content (AvgIpc) is 3.18. The van der Waals surface area contributed by atoms with Crippen LogP contribution in [0.2, 0.25) is 0 Å². The number of aliphatic hydroxyl groups is 1. The molecule has 0 spiro atoms. The summed E-state index contributed by atoms with van der Waals surface area (Å²) in [6, 6.07) is 15.8. The molecule has 0 bridgehead atoms. The number of para-hydroxylation sites is 1. The summed E-state index contributed by atoms with van der Waals surface area (Å²) in [6.07, 6.45) is 2.70. The molecule has 0 aliphatic rings. The van der Waals surface area contributed by atoms with Gasteiger partial charge in [-0.2, -0.15) is 5.10 Å². The maximum Gasteiger partial charge on any atom is 0.227 e. The molecule has 7 heteroatoms. The van der Waals surface area contributed by atoms with Crippen molar-refractivity contribution in [3.05, 3.63) is 84.3 Å². The highest BCUT2D eigenvalue weighted by Gasteiger charge is 2.23. The van der Waals surface area contributed by atoms with Crippen LogP contribution in [0.3, 0.4) is 0 Å². The summed E-state index contributed by atoms with van der Waals surface area (Å²) in [7, 11) is 0. The van der Waals surface area contributed by atoms with Crippen LogP contribution in [0.15, 0.2) is 67.3 Å². The van der Waals surface area contributed by atoms with E-state index in [1.807, 2.05) is 30.3 Å². The summed E-state index contributed by atoms with van der Waals surface area (Å²) in [5.41, 5.74) is 2.74. The maximum atomic E-state index is 13.5. The van der Waals surface area contributed by atoms with E-state index in [4.69, 9.17) is 14.6 Å². The van der Waals surface area contributed by atoms with Crippen LogP contribution in [0.4, 0.5) is 4.39 Å². The minimum absolute atomic E-state index is 0.245. The molecule has 0 amide bonds. The van der Waals surface area contributed by atoms with Gasteiger partial charge in [0.1, 0.15) is 11.6 Å². The van der Waals surface area contributed by atoms with Gasteiger partial charge in [-0.1, -0.05) is 38.1 Å². The standard InChI is InChI=1S/C27H34FN3O3/c1-4-16-30(18-23(32)20-33-17-5-2)19-25-26(6-3)29-31(22-10-8-7-9-11-22)27(25)34-24-14-12-21(28)13-15-24/h5,7-15,23,32H,2,4,6,16-20H2,1,3H3/t23-/m0/s1. The van der Waals surface area contributed by atoms with Crippen molar-refractivity contribution in [1.29, 1.82) is 0 Å². The first-order valence-electron chi connectivity index (χ1n) is 11.7. The van der Waals surface area contributed by atoms with Crippen LogP contribution in [0.1, 0.15) is 31.5 Å². The van der Waals surface area contributed by atoms with E-state index in [0.29, 0.717) is 31.3 Å². The van der Waals surface area contributed by atoms with E-state index in [2.05, 4.69) is 25.3 Å². The quantitative estimate of drug-likeness (QED) is 0.263. The molecule has 3 aromatic rings. The molecule has 0 unspecified atom stereocenters. The topological polar surface area (TPSA) is 59.8 Å². The summed E-state index contributed by atoms with van der Waals surface area (Å²) in [5.74, 6) is 0.801. The van der Waals surface area contributed by atoms with Gasteiger partial charge in [0.25, 0.3) is 0 Å². The lowest BCUT2D eigenvalue weighted by Gasteiger charge is -2.25. The molecule has 0 aliphatic carbocycles. The molecule has 3 rings (SSSR count).